The fourth-order valence-corrected chi connectivity index (χ4v) is 5.87. The van der Waals surface area contributed by atoms with Crippen molar-refractivity contribution in [1.29, 1.82) is 0 Å². The molecule has 0 amide bonds. The third kappa shape index (κ3) is 2.57. The average molecular weight is 489 g/mol. The van der Waals surface area contributed by atoms with Gasteiger partial charge in [0.2, 0.25) is 18.1 Å². The van der Waals surface area contributed by atoms with Gasteiger partial charge in [-0.3, -0.25) is 4.79 Å². The monoisotopic (exact) mass is 489 g/mol. The van der Waals surface area contributed by atoms with E-state index in [4.69, 9.17) is 28.4 Å². The Labute approximate surface area is 200 Å². The van der Waals surface area contributed by atoms with E-state index in [1.807, 2.05) is 13.0 Å². The van der Waals surface area contributed by atoms with Crippen molar-refractivity contribution in [1.82, 2.24) is 0 Å². The highest BCUT2D eigenvalue weighted by atomic mass is 16.8. The van der Waals surface area contributed by atoms with E-state index >= 15 is 0 Å². The smallest absolute Gasteiger partial charge is 0.290 e. The molecular weight excluding hydrogens is 462 g/mol. The third-order valence-corrected chi connectivity index (χ3v) is 7.61. The van der Waals surface area contributed by atoms with Crippen LogP contribution in [-0.2, 0) is 25.4 Å². The van der Waals surface area contributed by atoms with Crippen LogP contribution in [0.2, 0.25) is 0 Å². The SMILES string of the molecule is COc1c2c(c(O)c3c4c(c(C)cc13)NC1OC(O)(C(OC)OC)C3(CO3)C1(O)O4)C(=O)CCC2. The molecule has 188 valence electrons. The van der Waals surface area contributed by atoms with Gasteiger partial charge in [0.05, 0.1) is 30.4 Å². The Morgan fingerprint density at radius 1 is 1.20 bits per heavy atom. The number of rotatable bonds is 4. The van der Waals surface area contributed by atoms with Crippen molar-refractivity contribution in [2.75, 3.05) is 33.3 Å². The van der Waals surface area contributed by atoms with E-state index in [0.29, 0.717) is 47.2 Å². The zero-order chi connectivity index (χ0) is 24.9. The molecule has 2 saturated heterocycles. The Morgan fingerprint density at radius 3 is 2.54 bits per heavy atom. The number of ether oxygens (including phenoxy) is 6. The predicted molar refractivity (Wildman–Crippen MR) is 120 cm³/mol. The van der Waals surface area contributed by atoms with Gasteiger partial charge in [0, 0.05) is 31.6 Å². The number of phenolic OH excluding ortho intramolecular Hbond substituents is 1. The van der Waals surface area contributed by atoms with Crippen molar-refractivity contribution in [2.24, 2.45) is 0 Å². The third-order valence-electron chi connectivity index (χ3n) is 7.61. The van der Waals surface area contributed by atoms with Gasteiger partial charge in [0.25, 0.3) is 11.6 Å². The number of fused-ring (bicyclic) bond motifs is 6. The minimum absolute atomic E-state index is 0.0878. The average Bonchev–Trinajstić information content (AvgIpc) is 3.61. The Morgan fingerprint density at radius 2 is 1.91 bits per heavy atom. The second kappa shape index (κ2) is 7.19. The summed E-state index contributed by atoms with van der Waals surface area (Å²) in [4.78, 5) is 12.8. The second-order valence-electron chi connectivity index (χ2n) is 9.39. The maximum atomic E-state index is 12.8. The van der Waals surface area contributed by atoms with E-state index in [1.54, 1.807) is 0 Å². The number of benzene rings is 2. The molecule has 4 atom stereocenters. The molecule has 4 unspecified atom stereocenters. The summed E-state index contributed by atoms with van der Waals surface area (Å²) in [6.45, 7) is 1.71. The molecule has 0 aromatic heterocycles. The van der Waals surface area contributed by atoms with Crippen LogP contribution < -0.4 is 14.8 Å². The van der Waals surface area contributed by atoms with Crippen LogP contribution in [0, 0.1) is 6.92 Å². The molecule has 0 saturated carbocycles. The van der Waals surface area contributed by atoms with Crippen molar-refractivity contribution in [2.45, 2.75) is 55.9 Å². The maximum absolute atomic E-state index is 12.8. The molecule has 3 aliphatic heterocycles. The van der Waals surface area contributed by atoms with Gasteiger partial charge in [0.15, 0.2) is 11.5 Å². The molecule has 6 rings (SSSR count). The number of aliphatic hydroxyl groups is 2. The largest absolute Gasteiger partial charge is 0.506 e. The molecule has 2 fully saturated rings. The lowest BCUT2D eigenvalue weighted by molar-refractivity contribution is -0.333. The Bertz CT molecular complexity index is 1270. The molecule has 35 heavy (non-hydrogen) atoms. The van der Waals surface area contributed by atoms with Crippen molar-refractivity contribution < 1.29 is 48.5 Å². The van der Waals surface area contributed by atoms with Gasteiger partial charge < -0.3 is 49.1 Å². The molecule has 4 N–H and O–H groups in total. The molecular formula is C24H27NO10. The number of carbonyl (C=O) groups is 1. The number of anilines is 1. The van der Waals surface area contributed by atoms with Crippen LogP contribution >= 0.6 is 0 Å². The molecule has 0 bridgehead atoms. The van der Waals surface area contributed by atoms with Crippen LogP contribution in [0.25, 0.3) is 10.8 Å². The van der Waals surface area contributed by atoms with Crippen LogP contribution in [0.15, 0.2) is 6.07 Å². The van der Waals surface area contributed by atoms with Crippen LogP contribution in [0.3, 0.4) is 0 Å². The Kier molecular flexibility index (Phi) is 4.68. The van der Waals surface area contributed by atoms with E-state index in [0.717, 1.165) is 0 Å². The lowest BCUT2D eigenvalue weighted by Crippen LogP contribution is -2.64. The first-order valence-corrected chi connectivity index (χ1v) is 11.4. The highest BCUT2D eigenvalue weighted by molar-refractivity contribution is 6.12. The lowest BCUT2D eigenvalue weighted by atomic mass is 9.85. The first-order valence-electron chi connectivity index (χ1n) is 11.4. The summed E-state index contributed by atoms with van der Waals surface area (Å²) in [5.74, 6) is -4.33. The van der Waals surface area contributed by atoms with Crippen LogP contribution in [0.5, 0.6) is 17.2 Å². The van der Waals surface area contributed by atoms with Crippen molar-refractivity contribution >= 4 is 22.2 Å². The number of aryl methyl sites for hydroxylation is 1. The van der Waals surface area contributed by atoms with E-state index in [1.165, 1.54) is 21.3 Å². The zero-order valence-electron chi connectivity index (χ0n) is 19.8. The zero-order valence-corrected chi connectivity index (χ0v) is 19.8. The number of hydrogen-bond acceptors (Lipinski definition) is 11. The number of phenols is 1. The van der Waals surface area contributed by atoms with E-state index in [9.17, 15) is 20.1 Å². The topological polar surface area (TPSA) is 148 Å². The van der Waals surface area contributed by atoms with Crippen molar-refractivity contribution in [3.8, 4) is 17.2 Å². The number of epoxide rings is 1. The summed E-state index contributed by atoms with van der Waals surface area (Å²) in [5.41, 5.74) is 0.219. The number of hydrogen-bond donors (Lipinski definition) is 4. The predicted octanol–water partition coefficient (Wildman–Crippen LogP) is 1.31. The molecule has 3 heterocycles. The van der Waals surface area contributed by atoms with Crippen LogP contribution in [-0.4, -0.2) is 78.7 Å². The summed E-state index contributed by atoms with van der Waals surface area (Å²) in [6, 6.07) is 1.81. The maximum Gasteiger partial charge on any atom is 0.290 e. The summed E-state index contributed by atoms with van der Waals surface area (Å²) < 4.78 is 33.8. The van der Waals surface area contributed by atoms with Gasteiger partial charge in [-0.2, -0.15) is 0 Å². The van der Waals surface area contributed by atoms with Crippen molar-refractivity contribution in [3.05, 3.63) is 22.8 Å². The van der Waals surface area contributed by atoms with Crippen molar-refractivity contribution in [3.63, 3.8) is 0 Å². The molecule has 2 aromatic rings. The van der Waals surface area contributed by atoms with Gasteiger partial charge in [-0.1, -0.05) is 0 Å². The van der Waals surface area contributed by atoms with Gasteiger partial charge in [0.1, 0.15) is 11.5 Å². The highest BCUT2D eigenvalue weighted by Crippen LogP contribution is 2.62. The number of carbonyl (C=O) groups excluding carboxylic acids is 1. The minimum atomic E-state index is -2.23. The number of nitrogens with one attached hydrogen (secondary N) is 1. The second-order valence-corrected chi connectivity index (χ2v) is 9.39. The molecule has 1 spiro atoms. The fraction of sp³-hybridized carbons (Fsp3) is 0.542. The number of aromatic hydroxyl groups is 1. The number of Topliss-reactive ketones (excluding diaryl/α,β-unsaturated/α-hetero) is 1. The quantitative estimate of drug-likeness (QED) is 0.364. The van der Waals surface area contributed by atoms with Gasteiger partial charge in [-0.05, 0) is 31.4 Å². The minimum Gasteiger partial charge on any atom is -0.506 e. The molecule has 1 aliphatic carbocycles. The van der Waals surface area contributed by atoms with Crippen LogP contribution in [0.4, 0.5) is 5.69 Å². The normalized spacial score (nSPS) is 32.8. The molecule has 4 aliphatic rings. The van der Waals surface area contributed by atoms with Gasteiger partial charge >= 0.3 is 0 Å². The summed E-state index contributed by atoms with van der Waals surface area (Å²) in [5, 5.41) is 38.4. The fourth-order valence-electron chi connectivity index (χ4n) is 5.87. The lowest BCUT2D eigenvalue weighted by Gasteiger charge is -2.39. The molecule has 11 heteroatoms. The first-order chi connectivity index (χ1) is 16.7. The molecule has 0 radical (unpaired) electrons. The summed E-state index contributed by atoms with van der Waals surface area (Å²) >= 11 is 0. The number of methoxy groups -OCH3 is 3. The molecule has 11 nitrogen and oxygen atoms in total. The van der Waals surface area contributed by atoms with E-state index < -0.39 is 29.7 Å². The Balaban J connectivity index is 1.59. The summed E-state index contributed by atoms with van der Waals surface area (Å²) in [7, 11) is 4.15. The number of ketones is 1. The highest BCUT2D eigenvalue weighted by Gasteiger charge is 2.87. The Hall–Kier alpha value is -2.67. The summed E-state index contributed by atoms with van der Waals surface area (Å²) in [6.07, 6.45) is -1.02. The van der Waals surface area contributed by atoms with Gasteiger partial charge in [-0.25, -0.2) is 0 Å². The standard InChI is InChI=1S/C24H27NO10/c1-10-8-12-15(17(27)14-11(18(12)30-2)6-5-7-13(14)26)19-16(10)25-20-23(28,34-19)22(9-33-22)24(29,35-20)21(31-3)32-4/h8,20-21,25,27-29H,5-7,9H2,1-4H3. The first kappa shape index (κ1) is 22.8. The van der Waals surface area contributed by atoms with Crippen LogP contribution in [0.1, 0.15) is 34.3 Å². The van der Waals surface area contributed by atoms with Gasteiger partial charge in [-0.15, -0.1) is 0 Å². The molecule has 2 aromatic carbocycles. The van der Waals surface area contributed by atoms with E-state index in [2.05, 4.69) is 5.32 Å². The van der Waals surface area contributed by atoms with E-state index in [-0.39, 0.29) is 34.8 Å².